The molecule has 1 aromatic rings. The van der Waals surface area contributed by atoms with Crippen LogP contribution in [-0.2, 0) is 11.2 Å². The normalized spacial score (nSPS) is 9.69. The number of hydrogen-bond donors (Lipinski definition) is 0. The highest BCUT2D eigenvalue weighted by Crippen LogP contribution is 2.10. The lowest BCUT2D eigenvalue weighted by atomic mass is 10.0. The predicted molar refractivity (Wildman–Crippen MR) is 51.0 cm³/mol. The van der Waals surface area contributed by atoms with Crippen LogP contribution in [0.15, 0.2) is 18.2 Å². The Morgan fingerprint density at radius 2 is 2.15 bits per heavy atom. The lowest BCUT2D eigenvalue weighted by Crippen LogP contribution is -1.99. The topological polar surface area (TPSA) is 34.1 Å². The van der Waals surface area contributed by atoms with E-state index in [1.165, 1.54) is 0 Å². The highest BCUT2D eigenvalue weighted by Gasteiger charge is 2.02. The summed E-state index contributed by atoms with van der Waals surface area (Å²) < 4.78 is 0. The Hall–Kier alpha value is -1.44. The zero-order valence-electron chi connectivity index (χ0n) is 7.83. The fourth-order valence-electron chi connectivity index (χ4n) is 1.22. The summed E-state index contributed by atoms with van der Waals surface area (Å²) in [5, 5.41) is 0. The highest BCUT2D eigenvalue weighted by molar-refractivity contribution is 5.80. The van der Waals surface area contributed by atoms with E-state index in [2.05, 4.69) is 0 Å². The number of rotatable bonds is 3. The summed E-state index contributed by atoms with van der Waals surface area (Å²) in [4.78, 5) is 21.3. The van der Waals surface area contributed by atoms with E-state index < -0.39 is 0 Å². The smallest absolute Gasteiger partial charge is 0.150 e. The lowest BCUT2D eigenvalue weighted by molar-refractivity contribution is -0.116. The summed E-state index contributed by atoms with van der Waals surface area (Å²) in [6.45, 7) is 3.49. The van der Waals surface area contributed by atoms with Crippen molar-refractivity contribution in [3.8, 4) is 0 Å². The van der Waals surface area contributed by atoms with Gasteiger partial charge in [0.1, 0.15) is 12.1 Å². The summed E-state index contributed by atoms with van der Waals surface area (Å²) in [5.74, 6) is 0.117. The van der Waals surface area contributed by atoms with E-state index in [4.69, 9.17) is 0 Å². The summed E-state index contributed by atoms with van der Waals surface area (Å²) >= 11 is 0. The summed E-state index contributed by atoms with van der Waals surface area (Å²) in [5.41, 5.74) is 2.62. The Morgan fingerprint density at radius 1 is 1.46 bits per heavy atom. The zero-order chi connectivity index (χ0) is 9.84. The van der Waals surface area contributed by atoms with Gasteiger partial charge in [0.05, 0.1) is 0 Å². The number of hydrogen-bond acceptors (Lipinski definition) is 2. The molecule has 0 fully saturated rings. The van der Waals surface area contributed by atoms with Gasteiger partial charge in [0.2, 0.25) is 0 Å². The van der Waals surface area contributed by atoms with E-state index >= 15 is 0 Å². The number of carbonyl (C=O) groups excluding carboxylic acids is 2. The lowest BCUT2D eigenvalue weighted by Gasteiger charge is -2.03. The average Bonchev–Trinajstić information content (AvgIpc) is 2.08. The first-order chi connectivity index (χ1) is 6.13. The van der Waals surface area contributed by atoms with Gasteiger partial charge in [-0.2, -0.15) is 0 Å². The monoisotopic (exact) mass is 176 g/mol. The molecule has 1 aromatic carbocycles. The minimum absolute atomic E-state index is 0.117. The minimum atomic E-state index is 0.117. The largest absolute Gasteiger partial charge is 0.300 e. The molecule has 68 valence electrons. The molecule has 0 saturated heterocycles. The van der Waals surface area contributed by atoms with Crippen LogP contribution in [0.4, 0.5) is 0 Å². The van der Waals surface area contributed by atoms with Crippen LogP contribution < -0.4 is 0 Å². The van der Waals surface area contributed by atoms with E-state index in [1.54, 1.807) is 19.1 Å². The Morgan fingerprint density at radius 3 is 2.69 bits per heavy atom. The number of benzene rings is 1. The van der Waals surface area contributed by atoms with Crippen molar-refractivity contribution in [3.63, 3.8) is 0 Å². The van der Waals surface area contributed by atoms with Crippen molar-refractivity contribution in [1.29, 1.82) is 0 Å². The minimum Gasteiger partial charge on any atom is -0.300 e. The van der Waals surface area contributed by atoms with Gasteiger partial charge in [-0.3, -0.25) is 9.59 Å². The molecule has 0 heterocycles. The molecule has 0 aromatic heterocycles. The first-order valence-corrected chi connectivity index (χ1v) is 4.17. The maximum atomic E-state index is 10.9. The molecule has 13 heavy (non-hydrogen) atoms. The Bertz CT molecular complexity index is 340. The predicted octanol–water partition coefficient (Wildman–Crippen LogP) is 1.94. The molecule has 0 radical (unpaired) electrons. The first-order valence-electron chi connectivity index (χ1n) is 4.17. The molecule has 0 N–H and O–H groups in total. The van der Waals surface area contributed by atoms with Gasteiger partial charge in [-0.15, -0.1) is 0 Å². The number of ketones is 1. The average molecular weight is 176 g/mol. The van der Waals surface area contributed by atoms with Crippen molar-refractivity contribution in [2.24, 2.45) is 0 Å². The molecular weight excluding hydrogens is 164 g/mol. The third-order valence-corrected chi connectivity index (χ3v) is 1.95. The van der Waals surface area contributed by atoms with Gasteiger partial charge in [0.25, 0.3) is 0 Å². The Balaban J connectivity index is 3.03. The molecular formula is C11H12O2. The van der Waals surface area contributed by atoms with Crippen LogP contribution in [0, 0.1) is 6.92 Å². The summed E-state index contributed by atoms with van der Waals surface area (Å²) in [7, 11) is 0. The van der Waals surface area contributed by atoms with E-state index in [-0.39, 0.29) is 5.78 Å². The van der Waals surface area contributed by atoms with Gasteiger partial charge < -0.3 is 0 Å². The van der Waals surface area contributed by atoms with E-state index in [1.807, 2.05) is 13.0 Å². The van der Waals surface area contributed by atoms with Gasteiger partial charge in [-0.25, -0.2) is 0 Å². The highest BCUT2D eigenvalue weighted by atomic mass is 16.1. The third kappa shape index (κ3) is 2.51. The van der Waals surface area contributed by atoms with Crippen molar-refractivity contribution in [2.45, 2.75) is 20.3 Å². The third-order valence-electron chi connectivity index (χ3n) is 1.95. The van der Waals surface area contributed by atoms with E-state index in [0.29, 0.717) is 12.0 Å². The second-order valence-corrected chi connectivity index (χ2v) is 3.18. The van der Waals surface area contributed by atoms with E-state index in [0.717, 1.165) is 17.4 Å². The number of aldehydes is 1. The fourth-order valence-corrected chi connectivity index (χ4v) is 1.22. The van der Waals surface area contributed by atoms with Crippen LogP contribution in [0.25, 0.3) is 0 Å². The SMILES string of the molecule is CC(=O)Cc1cc(C=O)ccc1C. The molecule has 1 rings (SSSR count). The molecule has 2 nitrogen and oxygen atoms in total. The molecule has 0 bridgehead atoms. The molecule has 0 spiro atoms. The summed E-state index contributed by atoms with van der Waals surface area (Å²) in [6.07, 6.45) is 1.20. The van der Waals surface area contributed by atoms with Gasteiger partial charge in [0.15, 0.2) is 0 Å². The number of aryl methyl sites for hydroxylation is 1. The second kappa shape index (κ2) is 3.99. The fraction of sp³-hybridized carbons (Fsp3) is 0.273. The molecule has 0 aliphatic heterocycles. The standard InChI is InChI=1S/C11H12O2/c1-8-3-4-10(7-12)6-11(8)5-9(2)13/h3-4,6-7H,5H2,1-2H3. The number of carbonyl (C=O) groups is 2. The van der Waals surface area contributed by atoms with Gasteiger partial charge in [0, 0.05) is 12.0 Å². The van der Waals surface area contributed by atoms with Gasteiger partial charge >= 0.3 is 0 Å². The van der Waals surface area contributed by atoms with Crippen molar-refractivity contribution in [3.05, 3.63) is 34.9 Å². The zero-order valence-corrected chi connectivity index (χ0v) is 7.83. The van der Waals surface area contributed by atoms with Crippen molar-refractivity contribution in [1.82, 2.24) is 0 Å². The first kappa shape index (κ1) is 9.65. The van der Waals surface area contributed by atoms with Gasteiger partial charge in [-0.1, -0.05) is 12.1 Å². The maximum Gasteiger partial charge on any atom is 0.150 e. The molecule has 0 saturated carbocycles. The van der Waals surface area contributed by atoms with Crippen molar-refractivity contribution < 1.29 is 9.59 Å². The molecule has 2 heteroatoms. The van der Waals surface area contributed by atoms with Crippen LogP contribution in [-0.4, -0.2) is 12.1 Å². The van der Waals surface area contributed by atoms with Crippen LogP contribution in [0.1, 0.15) is 28.4 Å². The molecule has 0 atom stereocenters. The second-order valence-electron chi connectivity index (χ2n) is 3.18. The van der Waals surface area contributed by atoms with Crippen LogP contribution in [0.2, 0.25) is 0 Å². The Labute approximate surface area is 77.6 Å². The van der Waals surface area contributed by atoms with Crippen LogP contribution >= 0.6 is 0 Å². The van der Waals surface area contributed by atoms with Crippen molar-refractivity contribution >= 4 is 12.1 Å². The van der Waals surface area contributed by atoms with Crippen molar-refractivity contribution in [2.75, 3.05) is 0 Å². The van der Waals surface area contributed by atoms with Crippen LogP contribution in [0.5, 0.6) is 0 Å². The quantitative estimate of drug-likeness (QED) is 0.659. The van der Waals surface area contributed by atoms with E-state index in [9.17, 15) is 9.59 Å². The molecule has 0 unspecified atom stereocenters. The summed E-state index contributed by atoms with van der Waals surface area (Å²) in [6, 6.07) is 5.39. The molecule has 0 amide bonds. The molecule has 0 aliphatic carbocycles. The van der Waals surface area contributed by atoms with Gasteiger partial charge in [-0.05, 0) is 31.0 Å². The molecule has 0 aliphatic rings. The Kier molecular flexibility index (Phi) is 2.96. The number of Topliss-reactive ketones (excluding diaryl/α,β-unsaturated/α-hetero) is 1. The van der Waals surface area contributed by atoms with Crippen LogP contribution in [0.3, 0.4) is 0 Å². The maximum absolute atomic E-state index is 10.9.